The minimum absolute atomic E-state index is 0.101. The van der Waals surface area contributed by atoms with E-state index >= 15 is 0 Å². The quantitative estimate of drug-likeness (QED) is 0.601. The number of fused-ring (bicyclic) bond motifs is 1. The van der Waals surface area contributed by atoms with Gasteiger partial charge in [0.2, 0.25) is 5.91 Å². The lowest BCUT2D eigenvalue weighted by Gasteiger charge is -2.33. The molecule has 0 aliphatic carbocycles. The number of carbonyl (C=O) groups excluding carboxylic acids is 1. The Labute approximate surface area is 169 Å². The highest BCUT2D eigenvalue weighted by molar-refractivity contribution is 7.22. The van der Waals surface area contributed by atoms with Crippen molar-refractivity contribution >= 4 is 61.5 Å². The van der Waals surface area contributed by atoms with E-state index in [1.54, 1.807) is 12.3 Å². The van der Waals surface area contributed by atoms with Crippen LogP contribution in [0.4, 0.5) is 15.2 Å². The Kier molecular flexibility index (Phi) is 5.16. The van der Waals surface area contributed by atoms with Crippen LogP contribution in [0.1, 0.15) is 12.8 Å². The Balaban J connectivity index is 1.48. The zero-order valence-corrected chi connectivity index (χ0v) is 16.4. The SMILES string of the molecule is O=C(Nc1nc2c(Cl)cc(F)cc2s1)C1CCCN(c2ccnc(Cl)c2)C1. The van der Waals surface area contributed by atoms with E-state index in [2.05, 4.69) is 20.2 Å². The van der Waals surface area contributed by atoms with Crippen molar-refractivity contribution in [2.45, 2.75) is 12.8 Å². The molecule has 0 bridgehead atoms. The second kappa shape index (κ2) is 7.58. The van der Waals surface area contributed by atoms with Gasteiger partial charge in [-0.3, -0.25) is 4.79 Å². The molecule has 9 heteroatoms. The van der Waals surface area contributed by atoms with E-state index in [0.29, 0.717) is 27.0 Å². The van der Waals surface area contributed by atoms with Crippen LogP contribution in [-0.4, -0.2) is 29.0 Å². The first kappa shape index (κ1) is 18.4. The highest BCUT2D eigenvalue weighted by Crippen LogP contribution is 2.32. The molecule has 0 spiro atoms. The van der Waals surface area contributed by atoms with Crippen LogP contribution in [0, 0.1) is 11.7 Å². The van der Waals surface area contributed by atoms with Crippen molar-refractivity contribution in [3.8, 4) is 0 Å². The predicted octanol–water partition coefficient (Wildman–Crippen LogP) is 4.99. The molecule has 1 amide bonds. The third-order valence-electron chi connectivity index (χ3n) is 4.51. The molecule has 1 fully saturated rings. The van der Waals surface area contributed by atoms with Crippen molar-refractivity contribution in [1.29, 1.82) is 0 Å². The number of pyridine rings is 1. The highest BCUT2D eigenvalue weighted by atomic mass is 35.5. The molecule has 1 aliphatic heterocycles. The summed E-state index contributed by atoms with van der Waals surface area (Å²) >= 11 is 13.2. The topological polar surface area (TPSA) is 58.1 Å². The van der Waals surface area contributed by atoms with Crippen LogP contribution in [0.3, 0.4) is 0 Å². The number of benzene rings is 1. The Morgan fingerprint density at radius 2 is 2.19 bits per heavy atom. The number of aromatic nitrogens is 2. The molecule has 0 saturated carbocycles. The van der Waals surface area contributed by atoms with Crippen LogP contribution in [0.2, 0.25) is 10.2 Å². The summed E-state index contributed by atoms with van der Waals surface area (Å²) in [6.07, 6.45) is 3.35. The average Bonchev–Trinajstić information content (AvgIpc) is 3.04. The summed E-state index contributed by atoms with van der Waals surface area (Å²) < 4.78 is 14.1. The monoisotopic (exact) mass is 424 g/mol. The van der Waals surface area contributed by atoms with Gasteiger partial charge in [-0.25, -0.2) is 14.4 Å². The molecule has 1 saturated heterocycles. The van der Waals surface area contributed by atoms with Gasteiger partial charge in [0, 0.05) is 25.0 Å². The summed E-state index contributed by atoms with van der Waals surface area (Å²) in [6.45, 7) is 1.45. The second-order valence-corrected chi connectivity index (χ2v) is 8.19. The molecule has 1 aliphatic rings. The van der Waals surface area contributed by atoms with E-state index in [1.165, 1.54) is 23.5 Å². The molecule has 1 aromatic carbocycles. The number of carbonyl (C=O) groups is 1. The molecule has 1 N–H and O–H groups in total. The highest BCUT2D eigenvalue weighted by Gasteiger charge is 2.27. The van der Waals surface area contributed by atoms with Gasteiger partial charge in [-0.2, -0.15) is 0 Å². The Bertz CT molecular complexity index is 1010. The zero-order valence-electron chi connectivity index (χ0n) is 14.1. The maximum atomic E-state index is 13.5. The largest absolute Gasteiger partial charge is 0.371 e. The molecule has 27 heavy (non-hydrogen) atoms. The number of thiazole rings is 1. The Morgan fingerprint density at radius 3 is 3.00 bits per heavy atom. The minimum Gasteiger partial charge on any atom is -0.371 e. The van der Waals surface area contributed by atoms with Crippen molar-refractivity contribution in [3.63, 3.8) is 0 Å². The van der Waals surface area contributed by atoms with Gasteiger partial charge in [-0.05, 0) is 37.1 Å². The maximum absolute atomic E-state index is 13.5. The van der Waals surface area contributed by atoms with Gasteiger partial charge >= 0.3 is 0 Å². The smallest absolute Gasteiger partial charge is 0.231 e. The van der Waals surface area contributed by atoms with E-state index < -0.39 is 5.82 Å². The van der Waals surface area contributed by atoms with Gasteiger partial charge in [-0.15, -0.1) is 0 Å². The van der Waals surface area contributed by atoms with E-state index in [-0.39, 0.29) is 16.8 Å². The molecule has 1 atom stereocenters. The first-order chi connectivity index (χ1) is 13.0. The molecule has 0 radical (unpaired) electrons. The van der Waals surface area contributed by atoms with Crippen LogP contribution in [-0.2, 0) is 4.79 Å². The number of rotatable bonds is 3. The molecule has 140 valence electrons. The van der Waals surface area contributed by atoms with E-state index in [0.717, 1.165) is 25.1 Å². The Hall–Kier alpha value is -1.96. The number of nitrogens with one attached hydrogen (secondary N) is 1. The first-order valence-corrected chi connectivity index (χ1v) is 10.00. The molecule has 1 unspecified atom stereocenters. The van der Waals surface area contributed by atoms with Crippen LogP contribution in [0.15, 0.2) is 30.5 Å². The molecular formula is C18H15Cl2FN4OS. The average molecular weight is 425 g/mol. The summed E-state index contributed by atoms with van der Waals surface area (Å²) in [5.41, 5.74) is 1.45. The number of hydrogen-bond donors (Lipinski definition) is 1. The van der Waals surface area contributed by atoms with Gasteiger partial charge in [-0.1, -0.05) is 34.5 Å². The number of nitrogens with zero attached hydrogens (tertiary/aromatic N) is 3. The third kappa shape index (κ3) is 4.00. The van der Waals surface area contributed by atoms with Gasteiger partial charge in [0.15, 0.2) is 5.13 Å². The van der Waals surface area contributed by atoms with E-state index in [4.69, 9.17) is 23.2 Å². The van der Waals surface area contributed by atoms with Gasteiger partial charge in [0.05, 0.1) is 15.6 Å². The fraction of sp³-hybridized carbons (Fsp3) is 0.278. The van der Waals surface area contributed by atoms with Crippen LogP contribution in [0.25, 0.3) is 10.2 Å². The van der Waals surface area contributed by atoms with Gasteiger partial charge in [0.1, 0.15) is 16.5 Å². The number of amides is 1. The number of halogens is 3. The van der Waals surface area contributed by atoms with Crippen LogP contribution >= 0.6 is 34.5 Å². The van der Waals surface area contributed by atoms with Crippen molar-refractivity contribution in [3.05, 3.63) is 46.5 Å². The molecule has 2 aromatic heterocycles. The fourth-order valence-electron chi connectivity index (χ4n) is 3.23. The van der Waals surface area contributed by atoms with Crippen LogP contribution < -0.4 is 10.2 Å². The molecule has 4 rings (SSSR count). The number of anilines is 2. The van der Waals surface area contributed by atoms with Crippen molar-refractivity contribution in [2.24, 2.45) is 5.92 Å². The fourth-order valence-corrected chi connectivity index (χ4v) is 4.63. The molecule has 3 heterocycles. The number of hydrogen-bond acceptors (Lipinski definition) is 5. The third-order valence-corrected chi connectivity index (χ3v) is 5.92. The summed E-state index contributed by atoms with van der Waals surface area (Å²) in [7, 11) is 0. The minimum atomic E-state index is -0.423. The Morgan fingerprint density at radius 1 is 1.33 bits per heavy atom. The summed E-state index contributed by atoms with van der Waals surface area (Å²) in [5.74, 6) is -0.701. The maximum Gasteiger partial charge on any atom is 0.231 e. The lowest BCUT2D eigenvalue weighted by Crippen LogP contribution is -2.40. The second-order valence-electron chi connectivity index (χ2n) is 6.36. The molecule has 5 nitrogen and oxygen atoms in total. The standard InChI is InChI=1S/C18H15Cl2FN4OS/c19-13-6-11(21)7-14-16(13)23-18(27-14)24-17(26)10-2-1-5-25(9-10)12-3-4-22-15(20)8-12/h3-4,6-8,10H,1-2,5,9H2,(H,23,24,26). The summed E-state index contributed by atoms with van der Waals surface area (Å²) in [6, 6.07) is 6.26. The van der Waals surface area contributed by atoms with Gasteiger partial charge < -0.3 is 10.2 Å². The van der Waals surface area contributed by atoms with Gasteiger partial charge in [0.25, 0.3) is 0 Å². The normalized spacial score (nSPS) is 17.3. The lowest BCUT2D eigenvalue weighted by atomic mass is 9.97. The lowest BCUT2D eigenvalue weighted by molar-refractivity contribution is -0.120. The number of piperidine rings is 1. The van der Waals surface area contributed by atoms with Crippen molar-refractivity contribution < 1.29 is 9.18 Å². The molecular weight excluding hydrogens is 410 g/mol. The predicted molar refractivity (Wildman–Crippen MR) is 107 cm³/mol. The van der Waals surface area contributed by atoms with Crippen LogP contribution in [0.5, 0.6) is 0 Å². The van der Waals surface area contributed by atoms with Crippen molar-refractivity contribution in [2.75, 3.05) is 23.3 Å². The summed E-state index contributed by atoms with van der Waals surface area (Å²) in [5, 5.41) is 3.94. The van der Waals surface area contributed by atoms with E-state index in [1.807, 2.05) is 6.07 Å². The zero-order chi connectivity index (χ0) is 19.0. The van der Waals surface area contributed by atoms with E-state index in [9.17, 15) is 9.18 Å². The first-order valence-electron chi connectivity index (χ1n) is 8.42. The summed E-state index contributed by atoms with van der Waals surface area (Å²) in [4.78, 5) is 23.2. The van der Waals surface area contributed by atoms with Crippen molar-refractivity contribution in [1.82, 2.24) is 9.97 Å². The molecule has 3 aromatic rings.